The van der Waals surface area contributed by atoms with E-state index in [2.05, 4.69) is 19.2 Å². The highest BCUT2D eigenvalue weighted by Gasteiger charge is 2.42. The minimum Gasteiger partial charge on any atom is -0.381 e. The van der Waals surface area contributed by atoms with Gasteiger partial charge in [-0.3, -0.25) is 0 Å². The first-order chi connectivity index (χ1) is 10.3. The normalized spacial score (nSPS) is 30.9. The minimum absolute atomic E-state index is 0.0132. The molecule has 2 heterocycles. The summed E-state index contributed by atoms with van der Waals surface area (Å²) in [5.41, 5.74) is 0.0132. The zero-order valence-electron chi connectivity index (χ0n) is 13.9. The Morgan fingerprint density at radius 2 is 2.14 bits per heavy atom. The van der Waals surface area contributed by atoms with Crippen molar-refractivity contribution in [3.05, 3.63) is 0 Å². The molecule has 2 rings (SSSR count). The largest absolute Gasteiger partial charge is 0.381 e. The molecule has 4 nitrogen and oxygen atoms in total. The smallest absolute Gasteiger partial charge is 0.0939 e. The highest BCUT2D eigenvalue weighted by Crippen LogP contribution is 2.37. The first kappa shape index (κ1) is 17.2. The second-order valence-corrected chi connectivity index (χ2v) is 6.55. The van der Waals surface area contributed by atoms with Crippen LogP contribution in [0, 0.1) is 5.92 Å². The van der Waals surface area contributed by atoms with E-state index < -0.39 is 0 Å². The molecule has 2 aliphatic rings. The topological polar surface area (TPSA) is 39.7 Å². The third kappa shape index (κ3) is 5.20. The molecule has 2 fully saturated rings. The summed E-state index contributed by atoms with van der Waals surface area (Å²) in [7, 11) is 0. The van der Waals surface area contributed by atoms with Crippen LogP contribution in [0.2, 0.25) is 0 Å². The highest BCUT2D eigenvalue weighted by atomic mass is 16.6. The Balaban J connectivity index is 1.85. The van der Waals surface area contributed by atoms with E-state index in [-0.39, 0.29) is 5.60 Å². The molecule has 2 aliphatic heterocycles. The Kier molecular flexibility index (Phi) is 7.44. The van der Waals surface area contributed by atoms with E-state index in [9.17, 15) is 0 Å². The Hall–Kier alpha value is -0.160. The molecular weight excluding hydrogens is 266 g/mol. The van der Waals surface area contributed by atoms with E-state index >= 15 is 0 Å². The maximum Gasteiger partial charge on any atom is 0.0939 e. The number of nitrogens with one attached hydrogen (secondary N) is 1. The monoisotopic (exact) mass is 299 g/mol. The molecule has 0 aromatic carbocycles. The first-order valence-electron chi connectivity index (χ1n) is 8.82. The van der Waals surface area contributed by atoms with Crippen LogP contribution in [0.15, 0.2) is 0 Å². The van der Waals surface area contributed by atoms with Crippen LogP contribution in [0.4, 0.5) is 0 Å². The van der Waals surface area contributed by atoms with Crippen molar-refractivity contribution < 1.29 is 14.2 Å². The maximum atomic E-state index is 6.07. The Morgan fingerprint density at radius 3 is 2.86 bits per heavy atom. The molecule has 0 aliphatic carbocycles. The van der Waals surface area contributed by atoms with E-state index in [1.807, 2.05) is 0 Å². The van der Waals surface area contributed by atoms with Gasteiger partial charge in [-0.1, -0.05) is 13.8 Å². The van der Waals surface area contributed by atoms with Crippen LogP contribution in [0.25, 0.3) is 0 Å². The molecular formula is C17H33NO3. The zero-order chi connectivity index (χ0) is 15.0. The molecule has 3 unspecified atom stereocenters. The Bertz CT molecular complexity index is 279. The molecule has 3 atom stereocenters. The molecule has 0 radical (unpaired) electrons. The second-order valence-electron chi connectivity index (χ2n) is 6.55. The molecule has 2 saturated heterocycles. The fourth-order valence-corrected chi connectivity index (χ4v) is 3.56. The fraction of sp³-hybridized carbons (Fsp3) is 1.00. The zero-order valence-corrected chi connectivity index (χ0v) is 13.9. The van der Waals surface area contributed by atoms with Crippen LogP contribution >= 0.6 is 0 Å². The molecule has 21 heavy (non-hydrogen) atoms. The summed E-state index contributed by atoms with van der Waals surface area (Å²) in [4.78, 5) is 0. The van der Waals surface area contributed by atoms with Gasteiger partial charge in [0.2, 0.25) is 0 Å². The van der Waals surface area contributed by atoms with Gasteiger partial charge >= 0.3 is 0 Å². The Labute approximate surface area is 129 Å². The molecule has 0 aromatic rings. The van der Waals surface area contributed by atoms with E-state index in [1.165, 1.54) is 6.42 Å². The summed E-state index contributed by atoms with van der Waals surface area (Å²) < 4.78 is 17.4. The first-order valence-corrected chi connectivity index (χ1v) is 8.82. The summed E-state index contributed by atoms with van der Waals surface area (Å²) in [6.07, 6.45) is 6.77. The fourth-order valence-electron chi connectivity index (χ4n) is 3.56. The van der Waals surface area contributed by atoms with Crippen molar-refractivity contribution in [2.75, 3.05) is 39.6 Å². The summed E-state index contributed by atoms with van der Waals surface area (Å²) in [6, 6.07) is 0.559. The third-order valence-electron chi connectivity index (χ3n) is 4.75. The van der Waals surface area contributed by atoms with Crippen LogP contribution < -0.4 is 5.32 Å². The van der Waals surface area contributed by atoms with Gasteiger partial charge in [-0.15, -0.1) is 0 Å². The van der Waals surface area contributed by atoms with E-state index in [0.717, 1.165) is 71.7 Å². The van der Waals surface area contributed by atoms with Crippen LogP contribution in [-0.2, 0) is 14.2 Å². The quantitative estimate of drug-likeness (QED) is 0.665. The molecule has 124 valence electrons. The van der Waals surface area contributed by atoms with Gasteiger partial charge < -0.3 is 19.5 Å². The number of hydrogen-bond donors (Lipinski definition) is 1. The molecule has 0 aromatic heterocycles. The predicted molar refractivity (Wildman–Crippen MR) is 84.7 cm³/mol. The van der Waals surface area contributed by atoms with Gasteiger partial charge in [-0.05, 0) is 44.6 Å². The second kappa shape index (κ2) is 9.09. The Morgan fingerprint density at radius 1 is 1.24 bits per heavy atom. The van der Waals surface area contributed by atoms with Gasteiger partial charge in [-0.25, -0.2) is 0 Å². The van der Waals surface area contributed by atoms with Crippen molar-refractivity contribution in [2.45, 2.75) is 64.0 Å². The van der Waals surface area contributed by atoms with Crippen molar-refractivity contribution in [3.63, 3.8) is 0 Å². The lowest BCUT2D eigenvalue weighted by Crippen LogP contribution is -2.47. The van der Waals surface area contributed by atoms with Crippen molar-refractivity contribution in [3.8, 4) is 0 Å². The van der Waals surface area contributed by atoms with Gasteiger partial charge in [0.15, 0.2) is 0 Å². The lowest BCUT2D eigenvalue weighted by Gasteiger charge is -2.40. The van der Waals surface area contributed by atoms with Gasteiger partial charge in [0.25, 0.3) is 0 Å². The molecule has 4 heteroatoms. The third-order valence-corrected chi connectivity index (χ3v) is 4.75. The van der Waals surface area contributed by atoms with Crippen LogP contribution in [-0.4, -0.2) is 51.2 Å². The minimum atomic E-state index is 0.0132. The summed E-state index contributed by atoms with van der Waals surface area (Å²) in [5.74, 6) is 0.692. The van der Waals surface area contributed by atoms with Crippen LogP contribution in [0.5, 0.6) is 0 Å². The van der Waals surface area contributed by atoms with E-state index in [1.54, 1.807) is 0 Å². The molecule has 0 saturated carbocycles. The molecule has 0 amide bonds. The van der Waals surface area contributed by atoms with Gasteiger partial charge in [-0.2, -0.15) is 0 Å². The van der Waals surface area contributed by atoms with Gasteiger partial charge in [0.1, 0.15) is 0 Å². The number of hydrogen-bond acceptors (Lipinski definition) is 4. The van der Waals surface area contributed by atoms with Crippen molar-refractivity contribution >= 4 is 0 Å². The number of ether oxygens (including phenoxy) is 3. The SMILES string of the molecule is CCCNC(CCOCCC)C1CCOC2(CCOC2)C1. The van der Waals surface area contributed by atoms with Gasteiger partial charge in [0.05, 0.1) is 12.2 Å². The predicted octanol–water partition coefficient (Wildman–Crippen LogP) is 2.76. The van der Waals surface area contributed by atoms with Crippen LogP contribution in [0.3, 0.4) is 0 Å². The molecule has 1 spiro atoms. The lowest BCUT2D eigenvalue weighted by atomic mass is 9.80. The van der Waals surface area contributed by atoms with E-state index in [4.69, 9.17) is 14.2 Å². The standard InChI is InChI=1S/C17H33NO3/c1-3-8-18-16(6-10-19-9-4-2)15-5-11-21-17(13-15)7-12-20-14-17/h15-16,18H,3-14H2,1-2H3. The van der Waals surface area contributed by atoms with Crippen molar-refractivity contribution in [1.82, 2.24) is 5.32 Å². The summed E-state index contributed by atoms with van der Waals surface area (Å²) >= 11 is 0. The lowest BCUT2D eigenvalue weighted by molar-refractivity contribution is -0.104. The van der Waals surface area contributed by atoms with Crippen LogP contribution in [0.1, 0.15) is 52.4 Å². The summed E-state index contributed by atoms with van der Waals surface area (Å²) in [5, 5.41) is 3.75. The van der Waals surface area contributed by atoms with E-state index in [0.29, 0.717) is 12.0 Å². The molecule has 0 bridgehead atoms. The van der Waals surface area contributed by atoms with Gasteiger partial charge in [0, 0.05) is 38.9 Å². The average molecular weight is 299 g/mol. The van der Waals surface area contributed by atoms with Crippen molar-refractivity contribution in [1.29, 1.82) is 0 Å². The number of rotatable bonds is 9. The maximum absolute atomic E-state index is 6.07. The highest BCUT2D eigenvalue weighted by molar-refractivity contribution is 4.93. The molecule has 1 N–H and O–H groups in total. The van der Waals surface area contributed by atoms with Crippen molar-refractivity contribution in [2.24, 2.45) is 5.92 Å². The summed E-state index contributed by atoms with van der Waals surface area (Å²) in [6.45, 7) is 9.77. The average Bonchev–Trinajstić information content (AvgIpc) is 2.94.